The van der Waals surface area contributed by atoms with Gasteiger partial charge >= 0.3 is 5.97 Å². The first kappa shape index (κ1) is 21.2. The molecular formula is C24H19FN2O5. The lowest BCUT2D eigenvalue weighted by atomic mass is 9.87. The summed E-state index contributed by atoms with van der Waals surface area (Å²) in [6.45, 7) is -0.428. The molecule has 7 nitrogen and oxygen atoms in total. The maximum absolute atomic E-state index is 13.8. The lowest BCUT2D eigenvalue weighted by molar-refractivity contribution is -0.133. The normalized spacial score (nSPS) is 17.1. The Morgan fingerprint density at radius 2 is 1.78 bits per heavy atom. The van der Waals surface area contributed by atoms with Gasteiger partial charge in [0.15, 0.2) is 5.60 Å². The van der Waals surface area contributed by atoms with Crippen molar-refractivity contribution in [2.45, 2.75) is 5.60 Å². The second-order valence-corrected chi connectivity index (χ2v) is 7.21. The number of fused-ring (bicyclic) bond motifs is 1. The number of rotatable bonds is 5. The van der Waals surface area contributed by atoms with Gasteiger partial charge in [0.2, 0.25) is 5.91 Å². The predicted molar refractivity (Wildman–Crippen MR) is 115 cm³/mol. The number of amides is 2. The lowest BCUT2D eigenvalue weighted by Gasteiger charge is -2.23. The zero-order valence-corrected chi connectivity index (χ0v) is 17.0. The molecule has 0 fully saturated rings. The first-order valence-electron chi connectivity index (χ1n) is 9.73. The van der Waals surface area contributed by atoms with Gasteiger partial charge in [0.25, 0.3) is 5.91 Å². The number of esters is 1. The summed E-state index contributed by atoms with van der Waals surface area (Å²) in [4.78, 5) is 39.2. The smallest absolute Gasteiger partial charge is 0.339 e. The molecule has 0 bridgehead atoms. The number of nitrogens with one attached hydrogen (secondary N) is 1. The van der Waals surface area contributed by atoms with E-state index in [1.54, 1.807) is 36.4 Å². The van der Waals surface area contributed by atoms with E-state index in [9.17, 15) is 23.9 Å². The molecule has 1 aliphatic heterocycles. The van der Waals surface area contributed by atoms with Gasteiger partial charge in [-0.15, -0.1) is 0 Å². The highest BCUT2D eigenvalue weighted by atomic mass is 19.1. The van der Waals surface area contributed by atoms with E-state index in [-0.39, 0.29) is 22.4 Å². The second kappa shape index (κ2) is 8.24. The van der Waals surface area contributed by atoms with E-state index in [4.69, 9.17) is 4.74 Å². The van der Waals surface area contributed by atoms with Crippen molar-refractivity contribution in [1.82, 2.24) is 0 Å². The van der Waals surface area contributed by atoms with Gasteiger partial charge in [0.05, 0.1) is 24.0 Å². The number of methoxy groups -OCH3 is 1. The standard InChI is InChI=1S/C24H19FN2O5/c1-32-22(29)17-9-2-4-11-19(17)26-21(28)14-27-20-12-5-3-10-18(20)24(31,23(27)30)15-7-6-8-16(25)13-15/h2-13,31H,14H2,1H3,(H,26,28)/t24-/m1/s1. The molecular weight excluding hydrogens is 415 g/mol. The summed E-state index contributed by atoms with van der Waals surface area (Å²) in [5, 5.41) is 14.0. The van der Waals surface area contributed by atoms with Crippen LogP contribution in [0.25, 0.3) is 0 Å². The van der Waals surface area contributed by atoms with E-state index in [1.165, 1.54) is 37.4 Å². The largest absolute Gasteiger partial charge is 0.465 e. The van der Waals surface area contributed by atoms with Crippen LogP contribution < -0.4 is 10.2 Å². The number of nitrogens with zero attached hydrogens (tertiary/aromatic N) is 1. The second-order valence-electron chi connectivity index (χ2n) is 7.21. The molecule has 32 heavy (non-hydrogen) atoms. The Morgan fingerprint density at radius 1 is 1.06 bits per heavy atom. The molecule has 4 rings (SSSR count). The molecule has 8 heteroatoms. The average Bonchev–Trinajstić information content (AvgIpc) is 3.02. The van der Waals surface area contributed by atoms with E-state index in [0.29, 0.717) is 5.69 Å². The number of benzene rings is 3. The first-order valence-corrected chi connectivity index (χ1v) is 9.73. The zero-order valence-electron chi connectivity index (χ0n) is 17.0. The summed E-state index contributed by atoms with van der Waals surface area (Å²) in [7, 11) is 1.23. The van der Waals surface area contributed by atoms with E-state index < -0.39 is 35.7 Å². The van der Waals surface area contributed by atoms with Crippen molar-refractivity contribution in [2.75, 3.05) is 23.9 Å². The molecule has 162 valence electrons. The van der Waals surface area contributed by atoms with Gasteiger partial charge in [-0.25, -0.2) is 9.18 Å². The summed E-state index contributed by atoms with van der Waals surface area (Å²) in [6.07, 6.45) is 0. The van der Waals surface area contributed by atoms with Crippen LogP contribution in [0.15, 0.2) is 72.8 Å². The minimum atomic E-state index is -2.14. The maximum Gasteiger partial charge on any atom is 0.339 e. The Hall–Kier alpha value is -4.04. The summed E-state index contributed by atoms with van der Waals surface area (Å²) in [5.41, 5.74) is -1.10. The molecule has 2 N–H and O–H groups in total. The third-order valence-corrected chi connectivity index (χ3v) is 5.29. The van der Waals surface area contributed by atoms with E-state index >= 15 is 0 Å². The molecule has 0 aromatic heterocycles. The first-order chi connectivity index (χ1) is 15.4. The molecule has 0 unspecified atom stereocenters. The molecule has 3 aromatic carbocycles. The van der Waals surface area contributed by atoms with Gasteiger partial charge in [0, 0.05) is 11.1 Å². The Balaban J connectivity index is 1.65. The monoisotopic (exact) mass is 434 g/mol. The van der Waals surface area contributed by atoms with Crippen molar-refractivity contribution in [1.29, 1.82) is 0 Å². The highest BCUT2D eigenvalue weighted by molar-refractivity contribution is 6.13. The van der Waals surface area contributed by atoms with Crippen LogP contribution in [0.1, 0.15) is 21.5 Å². The number of carbonyl (C=O) groups excluding carboxylic acids is 3. The van der Waals surface area contributed by atoms with E-state index in [1.807, 2.05) is 0 Å². The highest BCUT2D eigenvalue weighted by Gasteiger charge is 2.51. The van der Waals surface area contributed by atoms with Crippen LogP contribution in [-0.4, -0.2) is 36.5 Å². The topological polar surface area (TPSA) is 95.9 Å². The Bertz CT molecular complexity index is 1230. The number of halogens is 1. The molecule has 2 amide bonds. The highest BCUT2D eigenvalue weighted by Crippen LogP contribution is 2.44. The fourth-order valence-corrected chi connectivity index (χ4v) is 3.80. The molecule has 1 atom stereocenters. The average molecular weight is 434 g/mol. The Kier molecular flexibility index (Phi) is 5.46. The number of carbonyl (C=O) groups is 3. The summed E-state index contributed by atoms with van der Waals surface area (Å²) in [5.74, 6) is -2.59. The van der Waals surface area contributed by atoms with Crippen LogP contribution >= 0.6 is 0 Å². The number of hydrogen-bond acceptors (Lipinski definition) is 5. The molecule has 0 radical (unpaired) electrons. The SMILES string of the molecule is COC(=O)c1ccccc1NC(=O)CN1C(=O)[C@@](O)(c2cccc(F)c2)c2ccccc21. The van der Waals surface area contributed by atoms with Crippen LogP contribution in [0.3, 0.4) is 0 Å². The van der Waals surface area contributed by atoms with Crippen molar-refractivity contribution in [3.8, 4) is 0 Å². The third kappa shape index (κ3) is 3.50. The van der Waals surface area contributed by atoms with Crippen molar-refractivity contribution in [2.24, 2.45) is 0 Å². The predicted octanol–water partition coefficient (Wildman–Crippen LogP) is 2.83. The molecule has 0 aliphatic carbocycles. The van der Waals surface area contributed by atoms with Crippen LogP contribution in [0, 0.1) is 5.82 Å². The zero-order chi connectivity index (χ0) is 22.9. The fraction of sp³-hybridized carbons (Fsp3) is 0.125. The van der Waals surface area contributed by atoms with Gasteiger partial charge in [-0.3, -0.25) is 14.5 Å². The number of hydrogen-bond donors (Lipinski definition) is 2. The molecule has 1 aliphatic rings. The number of anilines is 2. The van der Waals surface area contributed by atoms with Gasteiger partial charge < -0.3 is 15.2 Å². The van der Waals surface area contributed by atoms with E-state index in [0.717, 1.165) is 11.0 Å². The van der Waals surface area contributed by atoms with Crippen molar-refractivity contribution < 1.29 is 28.6 Å². The molecule has 0 saturated heterocycles. The number of aliphatic hydroxyl groups is 1. The van der Waals surface area contributed by atoms with Crippen LogP contribution in [-0.2, 0) is 19.9 Å². The van der Waals surface area contributed by atoms with E-state index in [2.05, 4.69) is 5.32 Å². The molecule has 0 spiro atoms. The summed E-state index contributed by atoms with van der Waals surface area (Å²) < 4.78 is 18.6. The van der Waals surface area contributed by atoms with Crippen molar-refractivity contribution in [3.05, 3.63) is 95.3 Å². The molecule has 0 saturated carbocycles. The van der Waals surface area contributed by atoms with Crippen molar-refractivity contribution in [3.63, 3.8) is 0 Å². The van der Waals surface area contributed by atoms with Crippen molar-refractivity contribution >= 4 is 29.2 Å². The summed E-state index contributed by atoms with van der Waals surface area (Å²) >= 11 is 0. The Morgan fingerprint density at radius 3 is 2.53 bits per heavy atom. The van der Waals surface area contributed by atoms with Crippen LogP contribution in [0.2, 0.25) is 0 Å². The fourth-order valence-electron chi connectivity index (χ4n) is 3.80. The molecule has 1 heterocycles. The van der Waals surface area contributed by atoms with Gasteiger partial charge in [-0.05, 0) is 30.3 Å². The minimum absolute atomic E-state index is 0.0638. The molecule has 3 aromatic rings. The van der Waals surface area contributed by atoms with Gasteiger partial charge in [0.1, 0.15) is 12.4 Å². The van der Waals surface area contributed by atoms with Gasteiger partial charge in [-0.1, -0.05) is 42.5 Å². The number of para-hydroxylation sites is 2. The lowest BCUT2D eigenvalue weighted by Crippen LogP contribution is -2.44. The quantitative estimate of drug-likeness (QED) is 0.602. The maximum atomic E-state index is 13.8. The number of ether oxygens (including phenoxy) is 1. The van der Waals surface area contributed by atoms with Crippen LogP contribution in [0.5, 0.6) is 0 Å². The Labute approximate surface area is 183 Å². The van der Waals surface area contributed by atoms with Crippen LogP contribution in [0.4, 0.5) is 15.8 Å². The third-order valence-electron chi connectivity index (χ3n) is 5.29. The summed E-state index contributed by atoms with van der Waals surface area (Å²) in [6, 6.07) is 17.9. The van der Waals surface area contributed by atoms with Gasteiger partial charge in [-0.2, -0.15) is 0 Å². The minimum Gasteiger partial charge on any atom is -0.465 e.